The maximum atomic E-state index is 12.9. The van der Waals surface area contributed by atoms with Gasteiger partial charge in [0, 0.05) is 19.1 Å². The molecular formula is C13H18ClFN2. The van der Waals surface area contributed by atoms with Gasteiger partial charge < -0.3 is 10.2 Å². The van der Waals surface area contributed by atoms with E-state index in [1.165, 1.54) is 12.1 Å². The van der Waals surface area contributed by atoms with E-state index >= 15 is 0 Å². The zero-order valence-electron chi connectivity index (χ0n) is 10.0. The average molecular weight is 257 g/mol. The van der Waals surface area contributed by atoms with Crippen molar-refractivity contribution in [3.63, 3.8) is 0 Å². The summed E-state index contributed by atoms with van der Waals surface area (Å²) in [6.07, 6.45) is 2.23. The molecule has 2 nitrogen and oxygen atoms in total. The molecule has 1 aliphatic rings. The minimum absolute atomic E-state index is 0.290. The minimum Gasteiger partial charge on any atom is -0.381 e. The van der Waals surface area contributed by atoms with Crippen molar-refractivity contribution in [2.75, 3.05) is 25.0 Å². The van der Waals surface area contributed by atoms with Crippen LogP contribution in [0.3, 0.4) is 0 Å². The summed E-state index contributed by atoms with van der Waals surface area (Å²) in [4.78, 5) is 2.43. The van der Waals surface area contributed by atoms with Gasteiger partial charge in [0.2, 0.25) is 0 Å². The molecule has 0 aromatic heterocycles. The standard InChI is InChI=1S/C13H18ClFN2/c1-2-17-7-5-11(6-8-17)16-13-4-3-10(15)9-12(13)14/h3-4,9,11,16H,2,5-8H2,1H3. The van der Waals surface area contributed by atoms with Crippen LogP contribution in [0.15, 0.2) is 18.2 Å². The molecule has 0 unspecified atom stereocenters. The largest absolute Gasteiger partial charge is 0.381 e. The third kappa shape index (κ3) is 3.33. The number of nitrogens with zero attached hydrogens (tertiary/aromatic N) is 1. The fourth-order valence-electron chi connectivity index (χ4n) is 2.22. The Labute approximate surface area is 107 Å². The Morgan fingerprint density at radius 3 is 2.71 bits per heavy atom. The molecule has 0 amide bonds. The summed E-state index contributed by atoms with van der Waals surface area (Å²) in [5.41, 5.74) is 0.836. The van der Waals surface area contributed by atoms with Gasteiger partial charge in [0.05, 0.1) is 10.7 Å². The van der Waals surface area contributed by atoms with Crippen LogP contribution < -0.4 is 5.32 Å². The van der Waals surface area contributed by atoms with Crippen LogP contribution in [0.2, 0.25) is 5.02 Å². The number of likely N-dealkylation sites (tertiary alicyclic amines) is 1. The van der Waals surface area contributed by atoms with Crippen molar-refractivity contribution in [3.8, 4) is 0 Å². The van der Waals surface area contributed by atoms with Crippen molar-refractivity contribution in [2.45, 2.75) is 25.8 Å². The van der Waals surface area contributed by atoms with Crippen LogP contribution in [0.25, 0.3) is 0 Å². The highest BCUT2D eigenvalue weighted by Crippen LogP contribution is 2.25. The fraction of sp³-hybridized carbons (Fsp3) is 0.538. The predicted molar refractivity (Wildman–Crippen MR) is 70.2 cm³/mol. The molecule has 1 heterocycles. The van der Waals surface area contributed by atoms with Gasteiger partial charge in [-0.1, -0.05) is 18.5 Å². The first-order valence-corrected chi connectivity index (χ1v) is 6.50. The van der Waals surface area contributed by atoms with Crippen molar-refractivity contribution >= 4 is 17.3 Å². The van der Waals surface area contributed by atoms with Gasteiger partial charge in [0.1, 0.15) is 5.82 Å². The van der Waals surface area contributed by atoms with E-state index in [1.807, 2.05) is 0 Å². The molecule has 1 N–H and O–H groups in total. The Hall–Kier alpha value is -0.800. The highest BCUT2D eigenvalue weighted by molar-refractivity contribution is 6.33. The maximum absolute atomic E-state index is 12.9. The lowest BCUT2D eigenvalue weighted by Crippen LogP contribution is -2.38. The second-order valence-electron chi connectivity index (χ2n) is 4.48. The number of piperidine rings is 1. The zero-order valence-corrected chi connectivity index (χ0v) is 10.8. The van der Waals surface area contributed by atoms with Gasteiger partial charge in [-0.05, 0) is 37.6 Å². The summed E-state index contributed by atoms with van der Waals surface area (Å²) in [7, 11) is 0. The maximum Gasteiger partial charge on any atom is 0.124 e. The van der Waals surface area contributed by atoms with E-state index in [0.29, 0.717) is 11.1 Å². The summed E-state index contributed by atoms with van der Waals surface area (Å²) in [5.74, 6) is -0.290. The van der Waals surface area contributed by atoms with Crippen molar-refractivity contribution in [3.05, 3.63) is 29.0 Å². The number of nitrogens with one attached hydrogen (secondary N) is 1. The lowest BCUT2D eigenvalue weighted by Gasteiger charge is -2.32. The number of hydrogen-bond donors (Lipinski definition) is 1. The number of anilines is 1. The van der Waals surface area contributed by atoms with E-state index in [1.54, 1.807) is 6.07 Å². The summed E-state index contributed by atoms with van der Waals surface area (Å²) in [6.45, 7) is 5.54. The zero-order chi connectivity index (χ0) is 12.3. The average Bonchev–Trinajstić information content (AvgIpc) is 2.34. The number of halogens is 2. The fourth-order valence-corrected chi connectivity index (χ4v) is 2.44. The molecule has 0 atom stereocenters. The van der Waals surface area contributed by atoms with Crippen LogP contribution in [0.4, 0.5) is 10.1 Å². The van der Waals surface area contributed by atoms with Crippen molar-refractivity contribution in [1.82, 2.24) is 4.90 Å². The van der Waals surface area contributed by atoms with Gasteiger partial charge in [0.25, 0.3) is 0 Å². The normalized spacial score (nSPS) is 18.3. The molecule has 0 aliphatic carbocycles. The van der Waals surface area contributed by atoms with E-state index in [4.69, 9.17) is 11.6 Å². The summed E-state index contributed by atoms with van der Waals surface area (Å²) in [5, 5.41) is 3.86. The SMILES string of the molecule is CCN1CCC(Nc2ccc(F)cc2Cl)CC1. The molecule has 94 valence electrons. The van der Waals surface area contributed by atoms with Gasteiger partial charge in [-0.3, -0.25) is 0 Å². The smallest absolute Gasteiger partial charge is 0.124 e. The molecule has 0 spiro atoms. The topological polar surface area (TPSA) is 15.3 Å². The van der Waals surface area contributed by atoms with Gasteiger partial charge in [-0.25, -0.2) is 4.39 Å². The Balaban J connectivity index is 1.93. The second kappa shape index (κ2) is 5.69. The molecule has 1 aromatic carbocycles. The molecular weight excluding hydrogens is 239 g/mol. The number of rotatable bonds is 3. The van der Waals surface area contributed by atoms with E-state index in [-0.39, 0.29) is 5.82 Å². The highest BCUT2D eigenvalue weighted by atomic mass is 35.5. The molecule has 0 radical (unpaired) electrons. The van der Waals surface area contributed by atoms with Crippen LogP contribution in [0.5, 0.6) is 0 Å². The van der Waals surface area contributed by atoms with E-state index in [2.05, 4.69) is 17.1 Å². The molecule has 1 aliphatic heterocycles. The van der Waals surface area contributed by atoms with Gasteiger partial charge in [-0.2, -0.15) is 0 Å². The van der Waals surface area contributed by atoms with Gasteiger partial charge in [0.15, 0.2) is 0 Å². The first-order chi connectivity index (χ1) is 8.19. The van der Waals surface area contributed by atoms with Gasteiger partial charge in [-0.15, -0.1) is 0 Å². The Bertz CT molecular complexity index is 376. The van der Waals surface area contributed by atoms with Crippen LogP contribution in [-0.2, 0) is 0 Å². The predicted octanol–water partition coefficient (Wildman–Crippen LogP) is 3.38. The van der Waals surface area contributed by atoms with Gasteiger partial charge >= 0.3 is 0 Å². The second-order valence-corrected chi connectivity index (χ2v) is 4.88. The monoisotopic (exact) mass is 256 g/mol. The van der Waals surface area contributed by atoms with E-state index in [9.17, 15) is 4.39 Å². The first kappa shape index (κ1) is 12.7. The van der Waals surface area contributed by atoms with Crippen LogP contribution in [0, 0.1) is 5.82 Å². The van der Waals surface area contributed by atoms with Crippen molar-refractivity contribution in [2.24, 2.45) is 0 Å². The van der Waals surface area contributed by atoms with Crippen LogP contribution in [0.1, 0.15) is 19.8 Å². The summed E-state index contributed by atoms with van der Waals surface area (Å²) in [6, 6.07) is 4.95. The number of benzene rings is 1. The quantitative estimate of drug-likeness (QED) is 0.892. The molecule has 4 heteroatoms. The number of hydrogen-bond acceptors (Lipinski definition) is 2. The summed E-state index contributed by atoms with van der Waals surface area (Å²) >= 11 is 5.99. The van der Waals surface area contributed by atoms with E-state index < -0.39 is 0 Å². The lowest BCUT2D eigenvalue weighted by molar-refractivity contribution is 0.229. The first-order valence-electron chi connectivity index (χ1n) is 6.13. The Morgan fingerprint density at radius 1 is 1.41 bits per heavy atom. The van der Waals surface area contributed by atoms with E-state index in [0.717, 1.165) is 38.2 Å². The molecule has 1 aromatic rings. The molecule has 2 rings (SSSR count). The molecule has 1 saturated heterocycles. The van der Waals surface area contributed by atoms with Crippen molar-refractivity contribution in [1.29, 1.82) is 0 Å². The lowest BCUT2D eigenvalue weighted by atomic mass is 10.0. The third-order valence-corrected chi connectivity index (χ3v) is 3.64. The Morgan fingerprint density at radius 2 is 2.12 bits per heavy atom. The molecule has 1 fully saturated rings. The molecule has 0 saturated carbocycles. The molecule has 0 bridgehead atoms. The third-order valence-electron chi connectivity index (χ3n) is 3.33. The Kier molecular flexibility index (Phi) is 4.24. The van der Waals surface area contributed by atoms with Crippen LogP contribution in [-0.4, -0.2) is 30.6 Å². The summed E-state index contributed by atoms with van der Waals surface area (Å²) < 4.78 is 12.9. The minimum atomic E-state index is -0.290. The van der Waals surface area contributed by atoms with Crippen molar-refractivity contribution < 1.29 is 4.39 Å². The highest BCUT2D eigenvalue weighted by Gasteiger charge is 2.18. The van der Waals surface area contributed by atoms with Crippen LogP contribution >= 0.6 is 11.6 Å². The molecule has 17 heavy (non-hydrogen) atoms.